The number of aryl methyl sites for hydroxylation is 1. The van der Waals surface area contributed by atoms with Gasteiger partial charge in [-0.2, -0.15) is 5.10 Å². The standard InChI is InChI=1S/C19H23N3O/c1-14-18-17(22(20-14)16-7-3-2-4-8-16)10-9-15(19(18)23)13-21-11-5-6-12-21/h2-4,7-8,15H,5-6,9-13H2,1H3. The molecular weight excluding hydrogens is 286 g/mol. The van der Waals surface area contributed by atoms with Gasteiger partial charge < -0.3 is 4.90 Å². The molecule has 23 heavy (non-hydrogen) atoms. The van der Waals surface area contributed by atoms with E-state index in [1.807, 2.05) is 41.9 Å². The van der Waals surface area contributed by atoms with Gasteiger partial charge in [-0.3, -0.25) is 4.79 Å². The van der Waals surface area contributed by atoms with E-state index >= 15 is 0 Å². The summed E-state index contributed by atoms with van der Waals surface area (Å²) in [5.74, 6) is 0.450. The van der Waals surface area contributed by atoms with Gasteiger partial charge in [-0.1, -0.05) is 18.2 Å². The molecule has 1 aliphatic heterocycles. The Morgan fingerprint density at radius 1 is 1.17 bits per heavy atom. The molecule has 2 aromatic rings. The minimum absolute atomic E-state index is 0.146. The monoisotopic (exact) mass is 309 g/mol. The molecule has 0 amide bonds. The fourth-order valence-corrected chi connectivity index (χ4v) is 4.01. The van der Waals surface area contributed by atoms with Crippen molar-refractivity contribution in [1.82, 2.24) is 14.7 Å². The molecule has 4 heteroatoms. The maximum Gasteiger partial charge on any atom is 0.170 e. The van der Waals surface area contributed by atoms with E-state index in [1.54, 1.807) is 0 Å². The molecule has 2 heterocycles. The maximum absolute atomic E-state index is 13.0. The normalized spacial score (nSPS) is 21.6. The lowest BCUT2D eigenvalue weighted by molar-refractivity contribution is 0.0867. The molecule has 2 aliphatic rings. The Bertz CT molecular complexity index is 714. The van der Waals surface area contributed by atoms with Crippen LogP contribution in [0.1, 0.15) is 41.0 Å². The molecule has 1 saturated heterocycles. The van der Waals surface area contributed by atoms with Crippen molar-refractivity contribution in [2.24, 2.45) is 5.92 Å². The largest absolute Gasteiger partial charge is 0.303 e. The molecule has 1 fully saturated rings. The smallest absolute Gasteiger partial charge is 0.170 e. The number of para-hydroxylation sites is 1. The number of Topliss-reactive ketones (excluding diaryl/α,β-unsaturated/α-hetero) is 1. The number of ketones is 1. The Balaban J connectivity index is 1.64. The first-order valence-electron chi connectivity index (χ1n) is 8.64. The summed E-state index contributed by atoms with van der Waals surface area (Å²) in [6, 6.07) is 10.1. The Morgan fingerprint density at radius 2 is 1.91 bits per heavy atom. The summed E-state index contributed by atoms with van der Waals surface area (Å²) in [5, 5.41) is 4.66. The van der Waals surface area contributed by atoms with Gasteiger partial charge in [0.25, 0.3) is 0 Å². The van der Waals surface area contributed by atoms with E-state index < -0.39 is 0 Å². The van der Waals surface area contributed by atoms with E-state index in [-0.39, 0.29) is 5.92 Å². The summed E-state index contributed by atoms with van der Waals surface area (Å²) in [6.07, 6.45) is 4.43. The van der Waals surface area contributed by atoms with Crippen molar-refractivity contribution in [2.75, 3.05) is 19.6 Å². The second kappa shape index (κ2) is 5.93. The van der Waals surface area contributed by atoms with Crippen LogP contribution in [0.25, 0.3) is 5.69 Å². The van der Waals surface area contributed by atoms with Gasteiger partial charge in [0.2, 0.25) is 0 Å². The highest BCUT2D eigenvalue weighted by Crippen LogP contribution is 2.30. The zero-order chi connectivity index (χ0) is 15.8. The third-order valence-electron chi connectivity index (χ3n) is 5.18. The molecule has 0 radical (unpaired) electrons. The number of rotatable bonds is 3. The van der Waals surface area contributed by atoms with Crippen molar-refractivity contribution >= 4 is 5.78 Å². The van der Waals surface area contributed by atoms with Crippen molar-refractivity contribution in [1.29, 1.82) is 0 Å². The predicted octanol–water partition coefficient (Wildman–Crippen LogP) is 3.02. The van der Waals surface area contributed by atoms with Crippen molar-refractivity contribution in [3.8, 4) is 5.69 Å². The zero-order valence-corrected chi connectivity index (χ0v) is 13.7. The van der Waals surface area contributed by atoms with Crippen LogP contribution in [0.5, 0.6) is 0 Å². The third kappa shape index (κ3) is 2.61. The molecule has 1 aliphatic carbocycles. The van der Waals surface area contributed by atoms with E-state index in [1.165, 1.54) is 12.8 Å². The molecule has 1 aromatic heterocycles. The molecule has 4 rings (SSSR count). The Morgan fingerprint density at radius 3 is 2.65 bits per heavy atom. The number of fused-ring (bicyclic) bond motifs is 1. The van der Waals surface area contributed by atoms with Crippen LogP contribution >= 0.6 is 0 Å². The lowest BCUT2D eigenvalue weighted by Gasteiger charge is -2.26. The second-order valence-corrected chi connectivity index (χ2v) is 6.76. The summed E-state index contributed by atoms with van der Waals surface area (Å²) in [4.78, 5) is 15.4. The number of aromatic nitrogens is 2. The minimum Gasteiger partial charge on any atom is -0.303 e. The van der Waals surface area contributed by atoms with E-state index in [2.05, 4.69) is 10.00 Å². The van der Waals surface area contributed by atoms with E-state index in [0.717, 1.165) is 55.1 Å². The first kappa shape index (κ1) is 14.6. The Labute approximate surface area is 137 Å². The number of carbonyl (C=O) groups is 1. The number of carbonyl (C=O) groups excluding carboxylic acids is 1. The minimum atomic E-state index is 0.146. The molecule has 0 spiro atoms. The van der Waals surface area contributed by atoms with Crippen LogP contribution in [0.4, 0.5) is 0 Å². The van der Waals surface area contributed by atoms with Crippen LogP contribution in [0.15, 0.2) is 30.3 Å². The molecule has 0 N–H and O–H groups in total. The third-order valence-corrected chi connectivity index (χ3v) is 5.18. The highest BCUT2D eigenvalue weighted by molar-refractivity contribution is 6.01. The number of benzene rings is 1. The number of hydrogen-bond acceptors (Lipinski definition) is 3. The first-order valence-corrected chi connectivity index (χ1v) is 8.64. The van der Waals surface area contributed by atoms with Crippen LogP contribution in [0.2, 0.25) is 0 Å². The Kier molecular flexibility index (Phi) is 3.77. The zero-order valence-electron chi connectivity index (χ0n) is 13.7. The van der Waals surface area contributed by atoms with Crippen molar-refractivity contribution in [2.45, 2.75) is 32.6 Å². The van der Waals surface area contributed by atoms with Gasteiger partial charge in [-0.05, 0) is 57.8 Å². The molecule has 120 valence electrons. The molecule has 0 bridgehead atoms. The van der Waals surface area contributed by atoms with Crippen LogP contribution < -0.4 is 0 Å². The predicted molar refractivity (Wildman–Crippen MR) is 90.1 cm³/mol. The van der Waals surface area contributed by atoms with Crippen LogP contribution in [-0.4, -0.2) is 40.1 Å². The van der Waals surface area contributed by atoms with Gasteiger partial charge in [-0.25, -0.2) is 4.68 Å². The Hall–Kier alpha value is -1.94. The lowest BCUT2D eigenvalue weighted by Crippen LogP contribution is -2.34. The van der Waals surface area contributed by atoms with Gasteiger partial charge in [-0.15, -0.1) is 0 Å². The highest BCUT2D eigenvalue weighted by Gasteiger charge is 2.34. The molecule has 4 nitrogen and oxygen atoms in total. The maximum atomic E-state index is 13.0. The van der Waals surface area contributed by atoms with E-state index in [4.69, 9.17) is 0 Å². The average molecular weight is 309 g/mol. The first-order chi connectivity index (χ1) is 11.2. The topological polar surface area (TPSA) is 38.1 Å². The quantitative estimate of drug-likeness (QED) is 0.875. The number of likely N-dealkylation sites (tertiary alicyclic amines) is 1. The van der Waals surface area contributed by atoms with Crippen molar-refractivity contribution in [3.05, 3.63) is 47.3 Å². The fourth-order valence-electron chi connectivity index (χ4n) is 4.01. The highest BCUT2D eigenvalue weighted by atomic mass is 16.1. The molecular formula is C19H23N3O. The van der Waals surface area contributed by atoms with Gasteiger partial charge in [0.1, 0.15) is 0 Å². The SMILES string of the molecule is Cc1nn(-c2ccccc2)c2c1C(=O)C(CN1CCCC1)CC2. The van der Waals surface area contributed by atoms with E-state index in [0.29, 0.717) is 5.78 Å². The molecule has 1 aromatic carbocycles. The molecule has 0 saturated carbocycles. The van der Waals surface area contributed by atoms with Crippen molar-refractivity contribution < 1.29 is 4.79 Å². The molecule has 1 unspecified atom stereocenters. The summed E-state index contributed by atoms with van der Waals surface area (Å²) in [7, 11) is 0. The van der Waals surface area contributed by atoms with Gasteiger partial charge in [0.05, 0.1) is 22.6 Å². The second-order valence-electron chi connectivity index (χ2n) is 6.76. The average Bonchev–Trinajstić information content (AvgIpc) is 3.19. The van der Waals surface area contributed by atoms with Gasteiger partial charge >= 0.3 is 0 Å². The van der Waals surface area contributed by atoms with Crippen LogP contribution in [0.3, 0.4) is 0 Å². The number of hydrogen-bond donors (Lipinski definition) is 0. The van der Waals surface area contributed by atoms with Gasteiger partial charge in [0, 0.05) is 12.5 Å². The van der Waals surface area contributed by atoms with Gasteiger partial charge in [0.15, 0.2) is 5.78 Å². The van der Waals surface area contributed by atoms with Crippen molar-refractivity contribution in [3.63, 3.8) is 0 Å². The summed E-state index contributed by atoms with van der Waals surface area (Å²) >= 11 is 0. The van der Waals surface area contributed by atoms with Crippen LogP contribution in [-0.2, 0) is 6.42 Å². The molecule has 1 atom stereocenters. The number of nitrogens with zero attached hydrogens (tertiary/aromatic N) is 3. The fraction of sp³-hybridized carbons (Fsp3) is 0.474. The summed E-state index contributed by atoms with van der Waals surface area (Å²) < 4.78 is 1.97. The lowest BCUT2D eigenvalue weighted by atomic mass is 9.84. The van der Waals surface area contributed by atoms with Crippen LogP contribution in [0, 0.1) is 12.8 Å². The summed E-state index contributed by atoms with van der Waals surface area (Å²) in [5.41, 5.74) is 3.89. The van der Waals surface area contributed by atoms with E-state index in [9.17, 15) is 4.79 Å². The summed E-state index contributed by atoms with van der Waals surface area (Å²) in [6.45, 7) is 5.19.